The first-order valence-corrected chi connectivity index (χ1v) is 6.23. The van der Waals surface area contributed by atoms with Crippen molar-refractivity contribution in [3.05, 3.63) is 30.9 Å². The van der Waals surface area contributed by atoms with Crippen LogP contribution in [0.4, 0.5) is 0 Å². The Balaban J connectivity index is 1.55. The molecule has 2 rings (SSSR count). The number of nitrogens with one attached hydrogen (secondary N) is 1. The maximum atomic E-state index is 11.6. The highest BCUT2D eigenvalue weighted by Crippen LogP contribution is 2.19. The molecule has 1 heterocycles. The zero-order valence-electron chi connectivity index (χ0n) is 10.0. The van der Waals surface area contributed by atoms with Crippen molar-refractivity contribution in [2.45, 2.75) is 32.2 Å². The summed E-state index contributed by atoms with van der Waals surface area (Å²) in [6.45, 7) is 1.65. The molecular weight excluding hydrogens is 214 g/mol. The number of allylic oxidation sites excluding steroid dienone is 2. The summed E-state index contributed by atoms with van der Waals surface area (Å²) in [5, 5.41) is 2.97. The summed E-state index contributed by atoms with van der Waals surface area (Å²) in [6.07, 6.45) is 13.7. The summed E-state index contributed by atoms with van der Waals surface area (Å²) in [7, 11) is 0. The molecule has 1 N–H and O–H groups in total. The molecule has 0 saturated heterocycles. The van der Waals surface area contributed by atoms with Crippen LogP contribution in [0.2, 0.25) is 0 Å². The number of hydrogen-bond acceptors (Lipinski definition) is 2. The van der Waals surface area contributed by atoms with E-state index in [1.807, 2.05) is 10.8 Å². The van der Waals surface area contributed by atoms with Crippen molar-refractivity contribution < 1.29 is 4.79 Å². The lowest BCUT2D eigenvalue weighted by atomic mass is 10.1. The van der Waals surface area contributed by atoms with E-state index >= 15 is 0 Å². The molecule has 0 aromatic carbocycles. The normalized spacial score (nSPS) is 18.5. The molecule has 0 aliphatic heterocycles. The Bertz CT molecular complexity index is 370. The maximum Gasteiger partial charge on any atom is 0.220 e. The van der Waals surface area contributed by atoms with Gasteiger partial charge in [-0.15, -0.1) is 0 Å². The van der Waals surface area contributed by atoms with Gasteiger partial charge in [0.15, 0.2) is 0 Å². The van der Waals surface area contributed by atoms with Gasteiger partial charge in [-0.05, 0) is 25.2 Å². The van der Waals surface area contributed by atoms with Crippen LogP contribution in [-0.4, -0.2) is 22.0 Å². The molecule has 0 fully saturated rings. The molecule has 0 saturated carbocycles. The van der Waals surface area contributed by atoms with Crippen molar-refractivity contribution >= 4 is 5.91 Å². The van der Waals surface area contributed by atoms with Gasteiger partial charge in [0.1, 0.15) is 0 Å². The molecule has 4 heteroatoms. The lowest BCUT2D eigenvalue weighted by Crippen LogP contribution is -2.26. The number of carbonyl (C=O) groups excluding carboxylic acids is 1. The van der Waals surface area contributed by atoms with Crippen LogP contribution in [-0.2, 0) is 11.3 Å². The van der Waals surface area contributed by atoms with Crippen LogP contribution in [0.3, 0.4) is 0 Å². The third-order valence-electron chi connectivity index (χ3n) is 3.03. The fraction of sp³-hybridized carbons (Fsp3) is 0.538. The highest BCUT2D eigenvalue weighted by Gasteiger charge is 2.13. The number of amides is 1. The van der Waals surface area contributed by atoms with Crippen LogP contribution in [0.1, 0.15) is 25.7 Å². The Kier molecular flexibility index (Phi) is 4.36. The Labute approximate surface area is 102 Å². The number of carbonyl (C=O) groups is 1. The smallest absolute Gasteiger partial charge is 0.220 e. The van der Waals surface area contributed by atoms with Gasteiger partial charge in [-0.3, -0.25) is 4.79 Å². The molecule has 1 aromatic heterocycles. The Morgan fingerprint density at radius 2 is 2.47 bits per heavy atom. The minimum absolute atomic E-state index is 0.173. The molecule has 1 aromatic rings. The fourth-order valence-corrected chi connectivity index (χ4v) is 2.08. The molecule has 1 atom stereocenters. The summed E-state index contributed by atoms with van der Waals surface area (Å²) in [4.78, 5) is 15.6. The molecule has 1 aliphatic carbocycles. The van der Waals surface area contributed by atoms with Crippen molar-refractivity contribution in [1.82, 2.24) is 14.9 Å². The lowest BCUT2D eigenvalue weighted by Gasteiger charge is -2.08. The van der Waals surface area contributed by atoms with E-state index in [2.05, 4.69) is 22.5 Å². The largest absolute Gasteiger partial charge is 0.356 e. The maximum absolute atomic E-state index is 11.6. The SMILES string of the molecule is O=C(C[C@@H]1C=CCC1)NCCCn1ccnc1. The summed E-state index contributed by atoms with van der Waals surface area (Å²) in [5.74, 6) is 0.635. The predicted molar refractivity (Wildman–Crippen MR) is 66.3 cm³/mol. The highest BCUT2D eigenvalue weighted by molar-refractivity contribution is 5.76. The quantitative estimate of drug-likeness (QED) is 0.601. The third kappa shape index (κ3) is 4.06. The monoisotopic (exact) mass is 233 g/mol. The molecule has 4 nitrogen and oxygen atoms in total. The van der Waals surface area contributed by atoms with Crippen LogP contribution in [0.5, 0.6) is 0 Å². The van der Waals surface area contributed by atoms with Gasteiger partial charge < -0.3 is 9.88 Å². The van der Waals surface area contributed by atoms with E-state index in [-0.39, 0.29) is 5.91 Å². The van der Waals surface area contributed by atoms with Crippen LogP contribution >= 0.6 is 0 Å². The van der Waals surface area contributed by atoms with E-state index in [0.717, 1.165) is 32.4 Å². The third-order valence-corrected chi connectivity index (χ3v) is 3.03. The van der Waals surface area contributed by atoms with Gasteiger partial charge >= 0.3 is 0 Å². The zero-order valence-corrected chi connectivity index (χ0v) is 10.0. The average molecular weight is 233 g/mol. The summed E-state index contributed by atoms with van der Waals surface area (Å²) in [6, 6.07) is 0. The van der Waals surface area contributed by atoms with Gasteiger partial charge in [0.2, 0.25) is 5.91 Å². The molecule has 17 heavy (non-hydrogen) atoms. The van der Waals surface area contributed by atoms with Crippen LogP contribution in [0, 0.1) is 5.92 Å². The highest BCUT2D eigenvalue weighted by atomic mass is 16.1. The molecule has 0 spiro atoms. The Morgan fingerprint density at radius 1 is 1.53 bits per heavy atom. The van der Waals surface area contributed by atoms with Gasteiger partial charge in [0, 0.05) is 31.9 Å². The van der Waals surface area contributed by atoms with Crippen molar-refractivity contribution in [3.8, 4) is 0 Å². The summed E-state index contributed by atoms with van der Waals surface area (Å²) in [5.41, 5.74) is 0. The minimum Gasteiger partial charge on any atom is -0.356 e. The van der Waals surface area contributed by atoms with Gasteiger partial charge in [-0.2, -0.15) is 0 Å². The number of imidazole rings is 1. The van der Waals surface area contributed by atoms with E-state index in [9.17, 15) is 4.79 Å². The van der Waals surface area contributed by atoms with E-state index in [0.29, 0.717) is 12.3 Å². The Hall–Kier alpha value is -1.58. The second kappa shape index (κ2) is 6.23. The standard InChI is InChI=1S/C13H19N3O/c17-13(10-12-4-1-2-5-12)15-6-3-8-16-9-7-14-11-16/h1,4,7,9,11-12H,2-3,5-6,8,10H2,(H,15,17)/t12-/m1/s1. The fourth-order valence-electron chi connectivity index (χ4n) is 2.08. The van der Waals surface area contributed by atoms with E-state index < -0.39 is 0 Å². The first-order valence-electron chi connectivity index (χ1n) is 6.23. The van der Waals surface area contributed by atoms with Gasteiger partial charge in [0.05, 0.1) is 6.33 Å². The van der Waals surface area contributed by atoms with Crippen molar-refractivity contribution in [2.24, 2.45) is 5.92 Å². The number of rotatable bonds is 6. The van der Waals surface area contributed by atoms with Gasteiger partial charge in [-0.25, -0.2) is 4.98 Å². The van der Waals surface area contributed by atoms with E-state index in [4.69, 9.17) is 0 Å². The van der Waals surface area contributed by atoms with Crippen LogP contribution in [0.15, 0.2) is 30.9 Å². The minimum atomic E-state index is 0.173. The summed E-state index contributed by atoms with van der Waals surface area (Å²) < 4.78 is 2.02. The molecule has 92 valence electrons. The molecule has 0 bridgehead atoms. The zero-order chi connectivity index (χ0) is 11.9. The van der Waals surface area contributed by atoms with Gasteiger partial charge in [0.25, 0.3) is 0 Å². The van der Waals surface area contributed by atoms with Crippen LogP contribution in [0.25, 0.3) is 0 Å². The van der Waals surface area contributed by atoms with Crippen molar-refractivity contribution in [3.63, 3.8) is 0 Å². The van der Waals surface area contributed by atoms with Crippen molar-refractivity contribution in [2.75, 3.05) is 6.54 Å². The van der Waals surface area contributed by atoms with Gasteiger partial charge in [-0.1, -0.05) is 12.2 Å². The summed E-state index contributed by atoms with van der Waals surface area (Å²) >= 11 is 0. The molecule has 1 aliphatic rings. The first-order chi connectivity index (χ1) is 8.34. The first kappa shape index (κ1) is 11.9. The average Bonchev–Trinajstić information content (AvgIpc) is 2.96. The van der Waals surface area contributed by atoms with Crippen LogP contribution < -0.4 is 5.32 Å². The number of hydrogen-bond donors (Lipinski definition) is 1. The number of aromatic nitrogens is 2. The van der Waals surface area contributed by atoms with Crippen molar-refractivity contribution in [1.29, 1.82) is 0 Å². The lowest BCUT2D eigenvalue weighted by molar-refractivity contribution is -0.121. The molecule has 1 amide bonds. The Morgan fingerprint density at radius 3 is 3.18 bits per heavy atom. The predicted octanol–water partition coefficient (Wildman–Crippen LogP) is 1.75. The number of nitrogens with zero attached hydrogens (tertiary/aromatic N) is 2. The number of aryl methyl sites for hydroxylation is 1. The van der Waals surface area contributed by atoms with E-state index in [1.165, 1.54) is 0 Å². The topological polar surface area (TPSA) is 46.9 Å². The molecule has 0 radical (unpaired) electrons. The van der Waals surface area contributed by atoms with E-state index in [1.54, 1.807) is 12.5 Å². The molecule has 0 unspecified atom stereocenters. The second-order valence-corrected chi connectivity index (χ2v) is 4.47. The second-order valence-electron chi connectivity index (χ2n) is 4.47. The molecular formula is C13H19N3O.